The highest BCUT2D eigenvalue weighted by Crippen LogP contribution is 2.56. The van der Waals surface area contributed by atoms with Crippen molar-refractivity contribution >= 4 is 27.8 Å². The molecule has 2 aliphatic carbocycles. The number of nitrogens with zero attached hydrogens (tertiary/aromatic N) is 1. The predicted molar refractivity (Wildman–Crippen MR) is 218 cm³/mol. The van der Waals surface area contributed by atoms with Gasteiger partial charge in [-0.05, 0) is 90.7 Å². The van der Waals surface area contributed by atoms with Gasteiger partial charge in [0, 0.05) is 27.5 Å². The molecule has 0 radical (unpaired) electrons. The minimum absolute atomic E-state index is 0.0513. The zero-order valence-electron chi connectivity index (χ0n) is 30.8. The first-order chi connectivity index (χ1) is 24.5. The fraction of sp³-hybridized carbons (Fsp3) is 0.200. The molecule has 7 aromatic rings. The molecule has 51 heavy (non-hydrogen) atoms. The number of benzene rings is 7. The van der Waals surface area contributed by atoms with E-state index in [-0.39, 0.29) is 16.2 Å². The van der Waals surface area contributed by atoms with Gasteiger partial charge in [-0.3, -0.25) is 0 Å². The molecule has 0 saturated heterocycles. The smallest absolute Gasteiger partial charge is 0.0540 e. The van der Waals surface area contributed by atoms with Crippen LogP contribution in [0.25, 0.3) is 44.2 Å². The van der Waals surface area contributed by atoms with Crippen LogP contribution in [0.15, 0.2) is 146 Å². The standard InChI is InChI=1S/C50H45N/c1-48(2,3)33-26-28-39-44(30-33)50(6,7)43-23-15-21-38(47(39)43)37-20-11-13-24-46(37)51(45-25-14-17-32-16-8-9-18-35(32)45)34-27-29-42-40(31-34)36-19-10-12-22-41(36)49(42,4)5/h8-31H,1-7H3. The van der Waals surface area contributed by atoms with Crippen molar-refractivity contribution in [2.75, 3.05) is 4.90 Å². The van der Waals surface area contributed by atoms with Gasteiger partial charge in [0.05, 0.1) is 11.4 Å². The molecular formula is C50H45N. The normalized spacial score (nSPS) is 14.9. The summed E-state index contributed by atoms with van der Waals surface area (Å²) in [6.45, 7) is 16.4. The summed E-state index contributed by atoms with van der Waals surface area (Å²) in [4.78, 5) is 2.51. The quantitative estimate of drug-likeness (QED) is 0.182. The molecule has 7 aromatic carbocycles. The third kappa shape index (κ3) is 4.67. The molecule has 0 atom stereocenters. The molecule has 1 heteroatoms. The molecule has 9 rings (SSSR count). The minimum Gasteiger partial charge on any atom is -0.309 e. The van der Waals surface area contributed by atoms with Crippen molar-refractivity contribution in [3.63, 3.8) is 0 Å². The Balaban J connectivity index is 1.31. The van der Waals surface area contributed by atoms with E-state index in [1.165, 1.54) is 83.3 Å². The maximum absolute atomic E-state index is 2.51. The molecule has 0 unspecified atom stereocenters. The molecule has 2 aliphatic rings. The van der Waals surface area contributed by atoms with Gasteiger partial charge in [-0.2, -0.15) is 0 Å². The summed E-state index contributed by atoms with van der Waals surface area (Å²) >= 11 is 0. The van der Waals surface area contributed by atoms with Crippen LogP contribution in [0.1, 0.15) is 76.3 Å². The maximum atomic E-state index is 2.51. The Hall–Kier alpha value is -5.40. The zero-order valence-corrected chi connectivity index (χ0v) is 30.8. The van der Waals surface area contributed by atoms with Gasteiger partial charge in [-0.15, -0.1) is 0 Å². The van der Waals surface area contributed by atoms with E-state index in [1.807, 2.05) is 0 Å². The Kier molecular flexibility index (Phi) is 6.84. The number of fused-ring (bicyclic) bond motifs is 7. The van der Waals surface area contributed by atoms with E-state index >= 15 is 0 Å². The zero-order chi connectivity index (χ0) is 35.3. The van der Waals surface area contributed by atoms with Gasteiger partial charge in [-0.25, -0.2) is 0 Å². The second-order valence-electron chi connectivity index (χ2n) is 16.6. The number of hydrogen-bond acceptors (Lipinski definition) is 1. The van der Waals surface area contributed by atoms with Crippen molar-refractivity contribution in [1.82, 2.24) is 0 Å². The molecule has 0 bridgehead atoms. The Bertz CT molecular complexity index is 2520. The lowest BCUT2D eigenvalue weighted by Crippen LogP contribution is -2.17. The summed E-state index contributed by atoms with van der Waals surface area (Å²) in [6, 6.07) is 54.7. The second kappa shape index (κ2) is 11.0. The molecule has 0 aromatic heterocycles. The minimum atomic E-state index is -0.105. The number of hydrogen-bond donors (Lipinski definition) is 0. The van der Waals surface area contributed by atoms with Crippen molar-refractivity contribution in [3.8, 4) is 33.4 Å². The molecule has 0 N–H and O–H groups in total. The summed E-state index contributed by atoms with van der Waals surface area (Å²) < 4.78 is 0. The van der Waals surface area contributed by atoms with Crippen LogP contribution in [-0.4, -0.2) is 0 Å². The second-order valence-corrected chi connectivity index (χ2v) is 16.6. The van der Waals surface area contributed by atoms with E-state index in [0.717, 1.165) is 5.69 Å². The number of para-hydroxylation sites is 1. The van der Waals surface area contributed by atoms with E-state index in [2.05, 4.69) is 199 Å². The summed E-state index contributed by atoms with van der Waals surface area (Å²) in [5.74, 6) is 0. The molecule has 0 aliphatic heterocycles. The average Bonchev–Trinajstić information content (AvgIpc) is 3.51. The molecule has 0 amide bonds. The van der Waals surface area contributed by atoms with Crippen molar-refractivity contribution in [2.45, 2.75) is 64.7 Å². The topological polar surface area (TPSA) is 3.24 Å². The largest absolute Gasteiger partial charge is 0.309 e. The molecular weight excluding hydrogens is 615 g/mol. The van der Waals surface area contributed by atoms with Gasteiger partial charge >= 0.3 is 0 Å². The molecule has 250 valence electrons. The van der Waals surface area contributed by atoms with Crippen LogP contribution < -0.4 is 4.90 Å². The molecule has 0 spiro atoms. The summed E-state index contributed by atoms with van der Waals surface area (Å²) in [5.41, 5.74) is 18.3. The first-order valence-corrected chi connectivity index (χ1v) is 18.4. The maximum Gasteiger partial charge on any atom is 0.0540 e. The number of anilines is 3. The highest BCUT2D eigenvalue weighted by atomic mass is 15.1. The Morgan fingerprint density at radius 1 is 0.431 bits per heavy atom. The number of rotatable bonds is 4. The monoisotopic (exact) mass is 659 g/mol. The van der Waals surface area contributed by atoms with Crippen LogP contribution >= 0.6 is 0 Å². The van der Waals surface area contributed by atoms with Gasteiger partial charge < -0.3 is 4.90 Å². The Morgan fingerprint density at radius 3 is 1.86 bits per heavy atom. The molecule has 0 heterocycles. The first kappa shape index (κ1) is 31.6. The average molecular weight is 660 g/mol. The van der Waals surface area contributed by atoms with Crippen molar-refractivity contribution in [3.05, 3.63) is 173 Å². The summed E-state index contributed by atoms with van der Waals surface area (Å²) in [6.07, 6.45) is 0. The van der Waals surface area contributed by atoms with Crippen LogP contribution in [-0.2, 0) is 16.2 Å². The molecule has 0 fully saturated rings. The van der Waals surface area contributed by atoms with Crippen LogP contribution in [0.4, 0.5) is 17.1 Å². The van der Waals surface area contributed by atoms with Crippen LogP contribution in [0.3, 0.4) is 0 Å². The molecule has 0 saturated carbocycles. The van der Waals surface area contributed by atoms with Crippen molar-refractivity contribution in [1.29, 1.82) is 0 Å². The Labute approximate surface area is 303 Å². The summed E-state index contributed by atoms with van der Waals surface area (Å²) in [7, 11) is 0. The van der Waals surface area contributed by atoms with E-state index in [0.29, 0.717) is 0 Å². The van der Waals surface area contributed by atoms with Crippen LogP contribution in [0, 0.1) is 0 Å². The van der Waals surface area contributed by atoms with E-state index in [1.54, 1.807) is 0 Å². The third-order valence-electron chi connectivity index (χ3n) is 11.8. The first-order valence-electron chi connectivity index (χ1n) is 18.4. The lowest BCUT2D eigenvalue weighted by atomic mass is 9.79. The van der Waals surface area contributed by atoms with Crippen molar-refractivity contribution in [2.24, 2.45) is 0 Å². The highest BCUT2D eigenvalue weighted by molar-refractivity contribution is 6.03. The Morgan fingerprint density at radius 2 is 1.04 bits per heavy atom. The van der Waals surface area contributed by atoms with Gasteiger partial charge in [0.25, 0.3) is 0 Å². The van der Waals surface area contributed by atoms with Gasteiger partial charge in [0.2, 0.25) is 0 Å². The van der Waals surface area contributed by atoms with Gasteiger partial charge in [-0.1, -0.05) is 170 Å². The van der Waals surface area contributed by atoms with Crippen molar-refractivity contribution < 1.29 is 0 Å². The predicted octanol–water partition coefficient (Wildman–Crippen LogP) is 13.9. The lowest BCUT2D eigenvalue weighted by Gasteiger charge is -2.30. The molecule has 1 nitrogen and oxygen atoms in total. The van der Waals surface area contributed by atoms with Crippen LogP contribution in [0.5, 0.6) is 0 Å². The van der Waals surface area contributed by atoms with Gasteiger partial charge in [0.15, 0.2) is 0 Å². The lowest BCUT2D eigenvalue weighted by molar-refractivity contribution is 0.584. The fourth-order valence-corrected chi connectivity index (χ4v) is 9.03. The van der Waals surface area contributed by atoms with E-state index < -0.39 is 0 Å². The van der Waals surface area contributed by atoms with E-state index in [4.69, 9.17) is 0 Å². The summed E-state index contributed by atoms with van der Waals surface area (Å²) in [5, 5.41) is 2.46. The third-order valence-corrected chi connectivity index (χ3v) is 11.8. The van der Waals surface area contributed by atoms with Crippen LogP contribution in [0.2, 0.25) is 0 Å². The fourth-order valence-electron chi connectivity index (χ4n) is 9.03. The SMILES string of the molecule is CC(C)(C)c1ccc2c(c1)C(C)(C)c1cccc(-c3ccccc3N(c3ccc4c(c3)-c3ccccc3C4(C)C)c3cccc4ccccc34)c1-2. The highest BCUT2D eigenvalue weighted by Gasteiger charge is 2.39. The van der Waals surface area contributed by atoms with Gasteiger partial charge in [0.1, 0.15) is 0 Å². The van der Waals surface area contributed by atoms with E-state index in [9.17, 15) is 0 Å².